The van der Waals surface area contributed by atoms with E-state index >= 15 is 0 Å². The van der Waals surface area contributed by atoms with Crippen molar-refractivity contribution in [2.24, 2.45) is 0 Å². The summed E-state index contributed by atoms with van der Waals surface area (Å²) in [6, 6.07) is 8.66. The Morgan fingerprint density at radius 3 is 3.10 bits per heavy atom. The smallest absolute Gasteiger partial charge is 0.345 e. The Hall–Kier alpha value is -3.07. The Morgan fingerprint density at radius 2 is 2.33 bits per heavy atom. The van der Waals surface area contributed by atoms with E-state index < -0.39 is 12.1 Å². The summed E-state index contributed by atoms with van der Waals surface area (Å²) in [6.07, 6.45) is 2.44. The van der Waals surface area contributed by atoms with Gasteiger partial charge in [-0.25, -0.2) is 4.79 Å². The third-order valence-corrected chi connectivity index (χ3v) is 3.12. The number of pyridine rings is 1. The van der Waals surface area contributed by atoms with Crippen molar-refractivity contribution in [3.05, 3.63) is 47.8 Å². The van der Waals surface area contributed by atoms with Crippen molar-refractivity contribution in [1.29, 1.82) is 5.26 Å². The van der Waals surface area contributed by atoms with Crippen molar-refractivity contribution in [3.63, 3.8) is 0 Å². The molecule has 1 atom stereocenters. The molecule has 3 rings (SSSR count). The van der Waals surface area contributed by atoms with Gasteiger partial charge in [0.15, 0.2) is 11.9 Å². The molecule has 6 heteroatoms. The normalized spacial score (nSPS) is 15.7. The number of aliphatic carboxylic acids is 1. The van der Waals surface area contributed by atoms with Crippen molar-refractivity contribution in [2.45, 2.75) is 12.5 Å². The van der Waals surface area contributed by atoms with Crippen LogP contribution in [0.15, 0.2) is 36.7 Å². The summed E-state index contributed by atoms with van der Waals surface area (Å²) in [5, 5.41) is 18.0. The van der Waals surface area contributed by atoms with Crippen LogP contribution in [0.1, 0.15) is 11.1 Å². The topological polar surface area (TPSA) is 92.4 Å². The SMILES string of the molecule is N#Cc1ccncc1Oc1ccc2c(c1)OC(C(=O)O)C2. The van der Waals surface area contributed by atoms with E-state index in [2.05, 4.69) is 4.98 Å². The number of nitriles is 1. The quantitative estimate of drug-likeness (QED) is 0.927. The van der Waals surface area contributed by atoms with E-state index in [0.29, 0.717) is 29.2 Å². The van der Waals surface area contributed by atoms with E-state index in [-0.39, 0.29) is 0 Å². The van der Waals surface area contributed by atoms with Gasteiger partial charge in [-0.2, -0.15) is 5.26 Å². The minimum atomic E-state index is -0.993. The third-order valence-electron chi connectivity index (χ3n) is 3.12. The van der Waals surface area contributed by atoms with Crippen LogP contribution in [0.5, 0.6) is 17.2 Å². The van der Waals surface area contributed by atoms with E-state index in [0.717, 1.165) is 5.56 Å². The Balaban J connectivity index is 1.85. The molecule has 1 aromatic carbocycles. The third kappa shape index (κ3) is 2.49. The van der Waals surface area contributed by atoms with Crippen LogP contribution in [0.25, 0.3) is 0 Å². The monoisotopic (exact) mass is 282 g/mol. The molecule has 21 heavy (non-hydrogen) atoms. The van der Waals surface area contributed by atoms with Gasteiger partial charge in [0.25, 0.3) is 0 Å². The molecular weight excluding hydrogens is 272 g/mol. The highest BCUT2D eigenvalue weighted by molar-refractivity contribution is 5.74. The zero-order chi connectivity index (χ0) is 14.8. The molecule has 0 bridgehead atoms. The summed E-state index contributed by atoms with van der Waals surface area (Å²) in [6.45, 7) is 0. The second-order valence-corrected chi connectivity index (χ2v) is 4.50. The number of aromatic nitrogens is 1. The van der Waals surface area contributed by atoms with Gasteiger partial charge in [0.2, 0.25) is 0 Å². The number of hydrogen-bond acceptors (Lipinski definition) is 5. The van der Waals surface area contributed by atoms with Gasteiger partial charge in [-0.05, 0) is 17.7 Å². The maximum absolute atomic E-state index is 10.9. The Kier molecular flexibility index (Phi) is 3.16. The fraction of sp³-hybridized carbons (Fsp3) is 0.133. The van der Waals surface area contributed by atoms with Gasteiger partial charge in [0, 0.05) is 18.7 Å². The molecule has 2 heterocycles. The van der Waals surface area contributed by atoms with Crippen LogP contribution in [-0.2, 0) is 11.2 Å². The lowest BCUT2D eigenvalue weighted by molar-refractivity contribution is -0.144. The van der Waals surface area contributed by atoms with Crippen LogP contribution < -0.4 is 9.47 Å². The first-order chi connectivity index (χ1) is 10.2. The van der Waals surface area contributed by atoms with Gasteiger partial charge >= 0.3 is 5.97 Å². The van der Waals surface area contributed by atoms with Crippen molar-refractivity contribution in [3.8, 4) is 23.3 Å². The number of fused-ring (bicyclic) bond motifs is 1. The molecular formula is C15H10N2O4. The van der Waals surface area contributed by atoms with E-state index in [4.69, 9.17) is 19.8 Å². The van der Waals surface area contributed by atoms with Gasteiger partial charge in [-0.3, -0.25) is 4.98 Å². The highest BCUT2D eigenvalue weighted by Gasteiger charge is 2.29. The van der Waals surface area contributed by atoms with Crippen LogP contribution >= 0.6 is 0 Å². The maximum atomic E-state index is 10.9. The Morgan fingerprint density at radius 1 is 1.48 bits per heavy atom. The Labute approximate surface area is 120 Å². The van der Waals surface area contributed by atoms with Crippen molar-refractivity contribution in [2.75, 3.05) is 0 Å². The molecule has 1 aliphatic rings. The minimum absolute atomic E-state index is 0.335. The van der Waals surface area contributed by atoms with Crippen LogP contribution in [0.4, 0.5) is 0 Å². The molecule has 104 valence electrons. The number of carboxylic acids is 1. The fourth-order valence-electron chi connectivity index (χ4n) is 2.09. The summed E-state index contributed by atoms with van der Waals surface area (Å²) in [7, 11) is 0. The second-order valence-electron chi connectivity index (χ2n) is 4.50. The lowest BCUT2D eigenvalue weighted by atomic mass is 10.1. The number of carbonyl (C=O) groups is 1. The van der Waals surface area contributed by atoms with Gasteiger partial charge in [0.1, 0.15) is 17.6 Å². The first kappa shape index (κ1) is 12.9. The summed E-state index contributed by atoms with van der Waals surface area (Å²) in [4.78, 5) is 14.8. The molecule has 2 aromatic rings. The van der Waals surface area contributed by atoms with Crippen LogP contribution in [0, 0.1) is 11.3 Å². The van der Waals surface area contributed by atoms with Crippen LogP contribution in [-0.4, -0.2) is 22.2 Å². The van der Waals surface area contributed by atoms with Crippen molar-refractivity contribution >= 4 is 5.97 Å². The molecule has 1 aliphatic heterocycles. The zero-order valence-corrected chi connectivity index (χ0v) is 10.8. The van der Waals surface area contributed by atoms with E-state index in [1.165, 1.54) is 12.4 Å². The minimum Gasteiger partial charge on any atom is -0.478 e. The zero-order valence-electron chi connectivity index (χ0n) is 10.8. The lowest BCUT2D eigenvalue weighted by Crippen LogP contribution is -2.24. The molecule has 0 saturated carbocycles. The van der Waals surface area contributed by atoms with Gasteiger partial charge < -0.3 is 14.6 Å². The van der Waals surface area contributed by atoms with Crippen LogP contribution in [0.2, 0.25) is 0 Å². The number of benzene rings is 1. The predicted molar refractivity (Wildman–Crippen MR) is 71.2 cm³/mol. The number of nitrogens with zero attached hydrogens (tertiary/aromatic N) is 2. The van der Waals surface area contributed by atoms with Crippen molar-refractivity contribution < 1.29 is 19.4 Å². The van der Waals surface area contributed by atoms with E-state index in [9.17, 15) is 4.79 Å². The molecule has 0 aliphatic carbocycles. The van der Waals surface area contributed by atoms with Crippen molar-refractivity contribution in [1.82, 2.24) is 4.98 Å². The first-order valence-corrected chi connectivity index (χ1v) is 6.22. The molecule has 0 spiro atoms. The Bertz CT molecular complexity index is 752. The number of ether oxygens (including phenoxy) is 2. The average Bonchev–Trinajstić information content (AvgIpc) is 2.91. The maximum Gasteiger partial charge on any atom is 0.345 e. The van der Waals surface area contributed by atoms with E-state index in [1.54, 1.807) is 24.3 Å². The first-order valence-electron chi connectivity index (χ1n) is 6.22. The highest BCUT2D eigenvalue weighted by Crippen LogP contribution is 2.34. The standard InChI is InChI=1S/C15H10N2O4/c16-7-10-3-4-17-8-14(10)20-11-2-1-9-5-13(15(18)19)21-12(9)6-11/h1-4,6,8,13H,5H2,(H,18,19). The molecule has 1 N–H and O–H groups in total. The molecule has 1 unspecified atom stereocenters. The number of carboxylic acid groups (broad SMARTS) is 1. The second kappa shape index (κ2) is 5.13. The summed E-state index contributed by atoms with van der Waals surface area (Å²) in [5.41, 5.74) is 1.19. The van der Waals surface area contributed by atoms with E-state index in [1.807, 2.05) is 6.07 Å². The largest absolute Gasteiger partial charge is 0.478 e. The summed E-state index contributed by atoms with van der Waals surface area (Å²) >= 11 is 0. The molecule has 0 saturated heterocycles. The molecule has 1 aromatic heterocycles. The summed E-state index contributed by atoms with van der Waals surface area (Å²) < 4.78 is 11.0. The average molecular weight is 282 g/mol. The van der Waals surface area contributed by atoms with Gasteiger partial charge in [0.05, 0.1) is 11.8 Å². The summed E-state index contributed by atoms with van der Waals surface area (Å²) in [5.74, 6) is 0.298. The number of rotatable bonds is 3. The molecule has 0 fully saturated rings. The number of hydrogen-bond donors (Lipinski definition) is 1. The predicted octanol–water partition coefficient (Wildman–Crippen LogP) is 2.13. The van der Waals surface area contributed by atoms with Crippen LogP contribution in [0.3, 0.4) is 0 Å². The van der Waals surface area contributed by atoms with Gasteiger partial charge in [-0.15, -0.1) is 0 Å². The molecule has 0 radical (unpaired) electrons. The fourth-order valence-corrected chi connectivity index (χ4v) is 2.09. The van der Waals surface area contributed by atoms with Gasteiger partial charge in [-0.1, -0.05) is 6.07 Å². The molecule has 0 amide bonds. The highest BCUT2D eigenvalue weighted by atomic mass is 16.5. The molecule has 6 nitrogen and oxygen atoms in total. The lowest BCUT2D eigenvalue weighted by Gasteiger charge is -2.08.